The van der Waals surface area contributed by atoms with Crippen molar-refractivity contribution >= 4 is 16.9 Å². The van der Waals surface area contributed by atoms with Gasteiger partial charge in [0.05, 0.1) is 11.1 Å². The fraction of sp³-hybridized carbons (Fsp3) is 0.364. The number of aliphatic hydroxyl groups is 1. The first-order valence-corrected chi connectivity index (χ1v) is 5.05. The second-order valence-electron chi connectivity index (χ2n) is 4.10. The molecule has 0 fully saturated rings. The lowest BCUT2D eigenvalue weighted by Crippen LogP contribution is -2.17. The summed E-state index contributed by atoms with van der Waals surface area (Å²) in [6.45, 7) is 3.39. The first-order valence-electron chi connectivity index (χ1n) is 5.05. The van der Waals surface area contributed by atoms with Gasteiger partial charge in [0.1, 0.15) is 17.7 Å². The third-order valence-electron chi connectivity index (χ3n) is 2.36. The van der Waals surface area contributed by atoms with Gasteiger partial charge in [-0.05, 0) is 26.0 Å². The molecule has 2 aromatic rings. The van der Waals surface area contributed by atoms with Crippen LogP contribution in [-0.2, 0) is 5.60 Å². The third kappa shape index (κ3) is 1.81. The Morgan fingerprint density at radius 1 is 1.25 bits per heavy atom. The fourth-order valence-corrected chi connectivity index (χ4v) is 1.48. The van der Waals surface area contributed by atoms with Crippen LogP contribution in [0.4, 0.5) is 5.82 Å². The van der Waals surface area contributed by atoms with E-state index in [0.717, 1.165) is 11.2 Å². The number of hydrogen-bond donors (Lipinski definition) is 2. The highest BCUT2D eigenvalue weighted by molar-refractivity contribution is 5.86. The largest absolute Gasteiger partial charge is 0.384 e. The van der Waals surface area contributed by atoms with Crippen LogP contribution in [0.25, 0.3) is 11.0 Å². The van der Waals surface area contributed by atoms with Crippen molar-refractivity contribution in [1.82, 2.24) is 15.0 Å². The van der Waals surface area contributed by atoms with Gasteiger partial charge in [-0.3, -0.25) is 0 Å². The molecule has 2 heterocycles. The van der Waals surface area contributed by atoms with Crippen LogP contribution in [0.1, 0.15) is 19.5 Å². The van der Waals surface area contributed by atoms with Crippen LogP contribution in [0.5, 0.6) is 0 Å². The molecular weight excluding hydrogens is 204 g/mol. The number of aromatic nitrogens is 3. The summed E-state index contributed by atoms with van der Waals surface area (Å²) in [6.07, 6.45) is 1.45. The standard InChI is InChI=1S/C11H14N4O/c1-11(2,16)8-5-4-7-9(12-3)13-6-14-10(7)15-8/h4-6,16H,1-3H3,(H,12,13,14,15). The Balaban J connectivity index is 2.64. The topological polar surface area (TPSA) is 70.9 Å². The minimum absolute atomic E-state index is 0.582. The Hall–Kier alpha value is -1.75. The van der Waals surface area contributed by atoms with Gasteiger partial charge in [-0.25, -0.2) is 15.0 Å². The van der Waals surface area contributed by atoms with E-state index in [1.807, 2.05) is 6.07 Å². The highest BCUT2D eigenvalue weighted by atomic mass is 16.3. The fourth-order valence-electron chi connectivity index (χ4n) is 1.48. The van der Waals surface area contributed by atoms with Crippen molar-refractivity contribution in [2.24, 2.45) is 0 Å². The summed E-state index contributed by atoms with van der Waals surface area (Å²) in [5, 5.41) is 13.7. The third-order valence-corrected chi connectivity index (χ3v) is 2.36. The summed E-state index contributed by atoms with van der Waals surface area (Å²) >= 11 is 0. The van der Waals surface area contributed by atoms with Crippen molar-refractivity contribution in [2.75, 3.05) is 12.4 Å². The first kappa shape index (κ1) is 10.8. The minimum atomic E-state index is -0.959. The molecule has 0 aliphatic heterocycles. The van der Waals surface area contributed by atoms with Gasteiger partial charge in [0.2, 0.25) is 0 Å². The summed E-state index contributed by atoms with van der Waals surface area (Å²) < 4.78 is 0. The summed E-state index contributed by atoms with van der Waals surface area (Å²) in [4.78, 5) is 12.5. The van der Waals surface area contributed by atoms with E-state index in [0.29, 0.717) is 11.3 Å². The SMILES string of the molecule is CNc1ncnc2nc(C(C)(C)O)ccc12. The predicted octanol–water partition coefficient (Wildman–Crippen LogP) is 1.29. The zero-order chi connectivity index (χ0) is 11.8. The van der Waals surface area contributed by atoms with E-state index in [2.05, 4.69) is 20.3 Å². The van der Waals surface area contributed by atoms with Crippen molar-refractivity contribution < 1.29 is 5.11 Å². The number of nitrogens with one attached hydrogen (secondary N) is 1. The van der Waals surface area contributed by atoms with E-state index in [1.165, 1.54) is 6.33 Å². The average Bonchev–Trinajstić information content (AvgIpc) is 2.26. The average molecular weight is 218 g/mol. The van der Waals surface area contributed by atoms with Crippen LogP contribution in [-0.4, -0.2) is 27.1 Å². The lowest BCUT2D eigenvalue weighted by atomic mass is 10.0. The number of anilines is 1. The molecule has 0 saturated carbocycles. The van der Waals surface area contributed by atoms with Gasteiger partial charge in [-0.1, -0.05) is 0 Å². The number of nitrogens with zero attached hydrogens (tertiary/aromatic N) is 3. The van der Waals surface area contributed by atoms with E-state index < -0.39 is 5.60 Å². The van der Waals surface area contributed by atoms with E-state index in [9.17, 15) is 5.11 Å². The van der Waals surface area contributed by atoms with Gasteiger partial charge in [0.25, 0.3) is 0 Å². The number of pyridine rings is 1. The summed E-state index contributed by atoms with van der Waals surface area (Å²) in [7, 11) is 1.80. The normalized spacial score (nSPS) is 11.8. The summed E-state index contributed by atoms with van der Waals surface area (Å²) in [5.41, 5.74) is 0.221. The second kappa shape index (κ2) is 3.68. The molecule has 84 valence electrons. The molecule has 0 spiro atoms. The molecule has 0 atom stereocenters. The molecule has 0 aliphatic rings. The lowest BCUT2D eigenvalue weighted by molar-refractivity contribution is 0.0742. The molecule has 0 aliphatic carbocycles. The van der Waals surface area contributed by atoms with Gasteiger partial charge < -0.3 is 10.4 Å². The van der Waals surface area contributed by atoms with Gasteiger partial charge in [0.15, 0.2) is 5.65 Å². The highest BCUT2D eigenvalue weighted by Gasteiger charge is 2.18. The number of fused-ring (bicyclic) bond motifs is 1. The first-order chi connectivity index (χ1) is 7.52. The molecule has 5 heteroatoms. The maximum Gasteiger partial charge on any atom is 0.164 e. The molecule has 0 aromatic carbocycles. The number of rotatable bonds is 2. The Kier molecular flexibility index (Phi) is 2.47. The monoisotopic (exact) mass is 218 g/mol. The minimum Gasteiger partial charge on any atom is -0.384 e. The maximum absolute atomic E-state index is 9.85. The van der Waals surface area contributed by atoms with E-state index in [4.69, 9.17) is 0 Å². The summed E-state index contributed by atoms with van der Waals surface area (Å²) in [5.74, 6) is 0.736. The van der Waals surface area contributed by atoms with Crippen molar-refractivity contribution in [3.05, 3.63) is 24.2 Å². The van der Waals surface area contributed by atoms with E-state index in [1.54, 1.807) is 27.0 Å². The Labute approximate surface area is 93.6 Å². The maximum atomic E-state index is 9.85. The van der Waals surface area contributed by atoms with Gasteiger partial charge in [0, 0.05) is 7.05 Å². The molecule has 0 unspecified atom stereocenters. The van der Waals surface area contributed by atoms with Crippen molar-refractivity contribution in [3.8, 4) is 0 Å². The molecule has 2 N–H and O–H groups in total. The number of hydrogen-bond acceptors (Lipinski definition) is 5. The lowest BCUT2D eigenvalue weighted by Gasteiger charge is -2.16. The zero-order valence-corrected chi connectivity index (χ0v) is 9.52. The highest BCUT2D eigenvalue weighted by Crippen LogP contribution is 2.22. The van der Waals surface area contributed by atoms with E-state index >= 15 is 0 Å². The second-order valence-corrected chi connectivity index (χ2v) is 4.10. The van der Waals surface area contributed by atoms with Crippen LogP contribution in [0, 0.1) is 0 Å². The Morgan fingerprint density at radius 2 is 2.00 bits per heavy atom. The molecule has 16 heavy (non-hydrogen) atoms. The molecule has 2 rings (SSSR count). The quantitative estimate of drug-likeness (QED) is 0.794. The van der Waals surface area contributed by atoms with Crippen LogP contribution < -0.4 is 5.32 Å². The van der Waals surface area contributed by atoms with Crippen molar-refractivity contribution in [1.29, 1.82) is 0 Å². The molecule has 2 aromatic heterocycles. The molecule has 0 bridgehead atoms. The molecule has 5 nitrogen and oxygen atoms in total. The van der Waals surface area contributed by atoms with Crippen LogP contribution >= 0.6 is 0 Å². The molecule has 0 radical (unpaired) electrons. The van der Waals surface area contributed by atoms with Crippen molar-refractivity contribution in [2.45, 2.75) is 19.4 Å². The Morgan fingerprint density at radius 3 is 2.62 bits per heavy atom. The Bertz CT molecular complexity index is 519. The van der Waals surface area contributed by atoms with E-state index in [-0.39, 0.29) is 0 Å². The molecule has 0 saturated heterocycles. The smallest absolute Gasteiger partial charge is 0.164 e. The van der Waals surface area contributed by atoms with Crippen LogP contribution in [0.3, 0.4) is 0 Å². The van der Waals surface area contributed by atoms with Gasteiger partial charge >= 0.3 is 0 Å². The molecule has 0 amide bonds. The van der Waals surface area contributed by atoms with Crippen molar-refractivity contribution in [3.63, 3.8) is 0 Å². The predicted molar refractivity (Wildman–Crippen MR) is 62.1 cm³/mol. The van der Waals surface area contributed by atoms with Gasteiger partial charge in [-0.15, -0.1) is 0 Å². The summed E-state index contributed by atoms with van der Waals surface area (Å²) in [6, 6.07) is 3.65. The van der Waals surface area contributed by atoms with Gasteiger partial charge in [-0.2, -0.15) is 0 Å². The molecular formula is C11H14N4O. The zero-order valence-electron chi connectivity index (χ0n) is 9.52. The van der Waals surface area contributed by atoms with Crippen LogP contribution in [0.2, 0.25) is 0 Å². The van der Waals surface area contributed by atoms with Crippen LogP contribution in [0.15, 0.2) is 18.5 Å².